The zero-order valence-corrected chi connectivity index (χ0v) is 17.4. The number of halogens is 2. The number of pyridine rings is 1. The van der Waals surface area contributed by atoms with Crippen LogP contribution in [-0.2, 0) is 16.6 Å². The fraction of sp³-hybridized carbons (Fsp3) is 0.368. The molecule has 0 radical (unpaired) electrons. The van der Waals surface area contributed by atoms with Crippen LogP contribution in [0.4, 0.5) is 4.39 Å². The summed E-state index contributed by atoms with van der Waals surface area (Å²) in [5.41, 5.74) is 0.961. The molecule has 0 unspecified atom stereocenters. The van der Waals surface area contributed by atoms with Crippen molar-refractivity contribution in [3.05, 3.63) is 58.6 Å². The van der Waals surface area contributed by atoms with Crippen molar-refractivity contribution in [2.24, 2.45) is 0 Å². The predicted molar refractivity (Wildman–Crippen MR) is 106 cm³/mol. The Labute approximate surface area is 169 Å². The van der Waals surface area contributed by atoms with E-state index in [0.29, 0.717) is 17.7 Å². The van der Waals surface area contributed by atoms with E-state index in [9.17, 15) is 17.6 Å². The molecule has 28 heavy (non-hydrogen) atoms. The highest BCUT2D eigenvalue weighted by molar-refractivity contribution is 7.89. The molecule has 9 heteroatoms. The molecule has 0 aliphatic carbocycles. The first-order valence-corrected chi connectivity index (χ1v) is 10.6. The van der Waals surface area contributed by atoms with Crippen molar-refractivity contribution in [2.45, 2.75) is 30.7 Å². The lowest BCUT2D eigenvalue weighted by Gasteiger charge is -2.09. The number of unbranched alkanes of at least 4 members (excludes halogenated alkanes) is 1. The number of aromatic nitrogens is 1. The lowest BCUT2D eigenvalue weighted by molar-refractivity contribution is 0.0973. The second-order valence-electron chi connectivity index (χ2n) is 6.64. The molecule has 0 amide bonds. The third-order valence-electron chi connectivity index (χ3n) is 4.04. The number of nitrogens with one attached hydrogen (secondary N) is 1. The molecular weight excluding hydrogens is 405 g/mol. The van der Waals surface area contributed by atoms with Gasteiger partial charge in [-0.15, -0.1) is 0 Å². The van der Waals surface area contributed by atoms with E-state index < -0.39 is 15.8 Å². The van der Waals surface area contributed by atoms with Gasteiger partial charge >= 0.3 is 0 Å². The van der Waals surface area contributed by atoms with Gasteiger partial charge < -0.3 is 4.90 Å². The predicted octanol–water partition coefficient (Wildman–Crippen LogP) is 3.27. The third kappa shape index (κ3) is 6.63. The average molecular weight is 428 g/mol. The van der Waals surface area contributed by atoms with E-state index in [1.165, 1.54) is 6.20 Å². The summed E-state index contributed by atoms with van der Waals surface area (Å²) in [4.78, 5) is 18.2. The number of hydrogen-bond donors (Lipinski definition) is 1. The van der Waals surface area contributed by atoms with Crippen LogP contribution in [0.3, 0.4) is 0 Å². The Bertz CT molecular complexity index is 919. The number of ketones is 1. The van der Waals surface area contributed by atoms with E-state index >= 15 is 0 Å². The van der Waals surface area contributed by atoms with Crippen molar-refractivity contribution in [2.75, 3.05) is 20.6 Å². The van der Waals surface area contributed by atoms with E-state index in [-0.39, 0.29) is 22.2 Å². The molecular formula is C19H23ClFN3O3S. The van der Waals surface area contributed by atoms with Crippen molar-refractivity contribution in [1.29, 1.82) is 0 Å². The number of hydrogen-bond acceptors (Lipinski definition) is 5. The lowest BCUT2D eigenvalue weighted by atomic mass is 10.1. The van der Waals surface area contributed by atoms with Crippen molar-refractivity contribution >= 4 is 27.4 Å². The molecule has 0 atom stereocenters. The number of nitrogens with zero attached hydrogens (tertiary/aromatic N) is 2. The second kappa shape index (κ2) is 10.1. The largest absolute Gasteiger partial charge is 0.309 e. The van der Waals surface area contributed by atoms with Crippen molar-refractivity contribution < 1.29 is 17.6 Å². The Morgan fingerprint density at radius 3 is 2.57 bits per heavy atom. The van der Waals surface area contributed by atoms with Gasteiger partial charge in [-0.05, 0) is 63.3 Å². The fourth-order valence-electron chi connectivity index (χ4n) is 2.44. The molecule has 1 aromatic carbocycles. The number of benzene rings is 1. The monoisotopic (exact) mass is 427 g/mol. The molecule has 0 bridgehead atoms. The van der Waals surface area contributed by atoms with Gasteiger partial charge in [0, 0.05) is 19.2 Å². The Balaban J connectivity index is 1.91. The van der Waals surface area contributed by atoms with Crippen LogP contribution in [-0.4, -0.2) is 44.7 Å². The molecule has 0 saturated carbocycles. The lowest BCUT2D eigenvalue weighted by Crippen LogP contribution is -2.23. The Morgan fingerprint density at radius 1 is 1.21 bits per heavy atom. The minimum absolute atomic E-state index is 0.0123. The van der Waals surface area contributed by atoms with Crippen LogP contribution in [0.1, 0.15) is 35.3 Å². The van der Waals surface area contributed by atoms with Crippen LogP contribution in [0.25, 0.3) is 0 Å². The van der Waals surface area contributed by atoms with Gasteiger partial charge in [-0.3, -0.25) is 9.78 Å². The zero-order valence-electron chi connectivity index (χ0n) is 15.8. The van der Waals surface area contributed by atoms with Crippen LogP contribution in [0.15, 0.2) is 41.4 Å². The molecule has 6 nitrogen and oxygen atoms in total. The molecule has 0 aliphatic rings. The van der Waals surface area contributed by atoms with Gasteiger partial charge in [0.1, 0.15) is 11.5 Å². The van der Waals surface area contributed by atoms with Gasteiger partial charge in [0.25, 0.3) is 0 Å². The molecule has 0 fully saturated rings. The van der Waals surface area contributed by atoms with Crippen molar-refractivity contribution in [3.8, 4) is 0 Å². The van der Waals surface area contributed by atoms with Crippen LogP contribution in [0.5, 0.6) is 0 Å². The van der Waals surface area contributed by atoms with Gasteiger partial charge in [0.2, 0.25) is 10.0 Å². The molecule has 152 valence electrons. The second-order valence-corrected chi connectivity index (χ2v) is 8.81. The molecule has 0 aliphatic heterocycles. The summed E-state index contributed by atoms with van der Waals surface area (Å²) >= 11 is 5.63. The first-order valence-electron chi connectivity index (χ1n) is 8.76. The minimum Gasteiger partial charge on any atom is -0.309 e. The molecule has 1 N–H and O–H groups in total. The van der Waals surface area contributed by atoms with E-state index in [1.807, 2.05) is 14.1 Å². The molecule has 1 heterocycles. The van der Waals surface area contributed by atoms with Crippen molar-refractivity contribution in [3.63, 3.8) is 0 Å². The maximum Gasteiger partial charge on any atom is 0.240 e. The Hall–Kier alpha value is -1.87. The van der Waals surface area contributed by atoms with E-state index in [4.69, 9.17) is 11.6 Å². The van der Waals surface area contributed by atoms with Crippen LogP contribution < -0.4 is 4.72 Å². The number of carbonyl (C=O) groups excluding carboxylic acids is 1. The average Bonchev–Trinajstić information content (AvgIpc) is 2.66. The summed E-state index contributed by atoms with van der Waals surface area (Å²) in [6, 6.07) is 6.43. The van der Waals surface area contributed by atoms with Gasteiger partial charge in [-0.1, -0.05) is 17.7 Å². The summed E-state index contributed by atoms with van der Waals surface area (Å²) in [6.45, 7) is 0.917. The first kappa shape index (κ1) is 22.4. The maximum absolute atomic E-state index is 13.2. The van der Waals surface area contributed by atoms with E-state index in [1.54, 1.807) is 12.1 Å². The van der Waals surface area contributed by atoms with Crippen LogP contribution >= 0.6 is 11.6 Å². The van der Waals surface area contributed by atoms with Gasteiger partial charge in [0.15, 0.2) is 5.78 Å². The molecule has 1 aromatic heterocycles. The minimum atomic E-state index is -3.85. The van der Waals surface area contributed by atoms with Crippen molar-refractivity contribution in [1.82, 2.24) is 14.6 Å². The standard InChI is InChI=1S/C19H23ClFN3O3S/c1-24(2)10-4-3-5-19(25)18-9-6-14(12-22-18)13-23-28(26,27)15-7-8-17(21)16(20)11-15/h6-9,11-12,23H,3-5,10,13H2,1-2H3. The maximum atomic E-state index is 13.2. The first-order chi connectivity index (χ1) is 13.2. The van der Waals surface area contributed by atoms with E-state index in [0.717, 1.165) is 37.6 Å². The number of rotatable bonds is 10. The number of carbonyl (C=O) groups is 1. The zero-order chi connectivity index (χ0) is 20.7. The fourth-order valence-corrected chi connectivity index (χ4v) is 3.73. The molecule has 0 saturated heterocycles. The Morgan fingerprint density at radius 2 is 1.96 bits per heavy atom. The van der Waals surface area contributed by atoms with E-state index in [2.05, 4.69) is 14.6 Å². The van der Waals surface area contributed by atoms with Gasteiger partial charge in [-0.25, -0.2) is 17.5 Å². The topological polar surface area (TPSA) is 79.4 Å². The van der Waals surface area contributed by atoms with Gasteiger partial charge in [0.05, 0.1) is 9.92 Å². The SMILES string of the molecule is CN(C)CCCCC(=O)c1ccc(CNS(=O)(=O)c2ccc(F)c(Cl)c2)cn1. The Kier molecular flexibility index (Phi) is 8.06. The smallest absolute Gasteiger partial charge is 0.240 e. The summed E-state index contributed by atoms with van der Waals surface area (Å²) in [5.74, 6) is -0.723. The quantitative estimate of drug-likeness (QED) is 0.465. The summed E-state index contributed by atoms with van der Waals surface area (Å²) in [5, 5.41) is -0.266. The highest BCUT2D eigenvalue weighted by atomic mass is 35.5. The summed E-state index contributed by atoms with van der Waals surface area (Å²) in [6.07, 6.45) is 3.62. The summed E-state index contributed by atoms with van der Waals surface area (Å²) < 4.78 is 40.1. The molecule has 2 rings (SSSR count). The van der Waals surface area contributed by atoms with Crippen LogP contribution in [0, 0.1) is 5.82 Å². The number of Topliss-reactive ketones (excluding diaryl/α,β-unsaturated/α-hetero) is 1. The third-order valence-corrected chi connectivity index (χ3v) is 5.73. The highest BCUT2D eigenvalue weighted by Crippen LogP contribution is 2.19. The van der Waals surface area contributed by atoms with Gasteiger partial charge in [-0.2, -0.15) is 0 Å². The number of sulfonamides is 1. The normalized spacial score (nSPS) is 11.8. The molecule has 2 aromatic rings. The highest BCUT2D eigenvalue weighted by Gasteiger charge is 2.16. The summed E-state index contributed by atoms with van der Waals surface area (Å²) in [7, 11) is 0.128. The van der Waals surface area contributed by atoms with Crippen LogP contribution in [0.2, 0.25) is 5.02 Å². The molecule has 0 spiro atoms.